The molecule has 0 aromatic heterocycles. The number of hydrogen-bond donors (Lipinski definition) is 3. The Labute approximate surface area is 163 Å². The maximum absolute atomic E-state index is 12.5. The van der Waals surface area contributed by atoms with Gasteiger partial charge >= 0.3 is 5.97 Å². The summed E-state index contributed by atoms with van der Waals surface area (Å²) >= 11 is 0. The lowest BCUT2D eigenvalue weighted by atomic mass is 10.1. The van der Waals surface area contributed by atoms with Gasteiger partial charge in [-0.2, -0.15) is 0 Å². The SMILES string of the molecule is O=C(O)CCc1ccc(S(=O)(=O)Nc2ccc(S(=O)(=O)NC3CC3)cc2)cc1. The van der Waals surface area contributed by atoms with Crippen molar-refractivity contribution in [1.29, 1.82) is 0 Å². The highest BCUT2D eigenvalue weighted by Gasteiger charge is 2.28. The molecule has 0 heterocycles. The van der Waals surface area contributed by atoms with Crippen LogP contribution in [0.1, 0.15) is 24.8 Å². The van der Waals surface area contributed by atoms with Crippen molar-refractivity contribution < 1.29 is 26.7 Å². The minimum absolute atomic E-state index is 0.0124. The fourth-order valence-corrected chi connectivity index (χ4v) is 4.86. The lowest BCUT2D eigenvalue weighted by Gasteiger charge is -2.10. The fraction of sp³-hybridized carbons (Fsp3) is 0.278. The van der Waals surface area contributed by atoms with E-state index in [1.54, 1.807) is 12.1 Å². The summed E-state index contributed by atoms with van der Waals surface area (Å²) in [6.07, 6.45) is 1.93. The maximum Gasteiger partial charge on any atom is 0.303 e. The molecule has 0 atom stereocenters. The van der Waals surface area contributed by atoms with Gasteiger partial charge in [0.2, 0.25) is 10.0 Å². The van der Waals surface area contributed by atoms with Gasteiger partial charge in [-0.05, 0) is 61.2 Å². The molecule has 1 fully saturated rings. The molecule has 8 nitrogen and oxygen atoms in total. The van der Waals surface area contributed by atoms with Crippen molar-refractivity contribution in [1.82, 2.24) is 4.72 Å². The van der Waals surface area contributed by atoms with Crippen LogP contribution in [-0.2, 0) is 31.3 Å². The van der Waals surface area contributed by atoms with Crippen molar-refractivity contribution in [3.05, 3.63) is 54.1 Å². The van der Waals surface area contributed by atoms with E-state index in [2.05, 4.69) is 9.44 Å². The standard InChI is InChI=1S/C18H20N2O6S2/c21-18(22)12-3-13-1-8-16(9-2-13)27(23,24)20-15-6-10-17(11-7-15)28(25,26)19-14-4-5-14/h1-2,6-11,14,19-20H,3-5,12H2,(H,21,22). The highest BCUT2D eigenvalue weighted by atomic mass is 32.2. The number of carbonyl (C=O) groups is 1. The van der Waals surface area contributed by atoms with Crippen LogP contribution >= 0.6 is 0 Å². The Bertz CT molecular complexity index is 1060. The van der Waals surface area contributed by atoms with Crippen LogP contribution in [0.25, 0.3) is 0 Å². The van der Waals surface area contributed by atoms with Crippen LogP contribution in [0.15, 0.2) is 58.3 Å². The van der Waals surface area contributed by atoms with Gasteiger partial charge < -0.3 is 5.11 Å². The van der Waals surface area contributed by atoms with Gasteiger partial charge in [-0.25, -0.2) is 21.6 Å². The van der Waals surface area contributed by atoms with Gasteiger partial charge in [0.1, 0.15) is 0 Å². The number of sulfonamides is 2. The molecule has 150 valence electrons. The van der Waals surface area contributed by atoms with Crippen LogP contribution in [0.4, 0.5) is 5.69 Å². The summed E-state index contributed by atoms with van der Waals surface area (Å²) in [5.74, 6) is -0.920. The third-order valence-corrected chi connectivity index (χ3v) is 7.11. The quantitative estimate of drug-likeness (QED) is 0.564. The molecule has 2 aromatic carbocycles. The van der Waals surface area contributed by atoms with Crippen molar-refractivity contribution in [2.24, 2.45) is 0 Å². The summed E-state index contributed by atoms with van der Waals surface area (Å²) in [4.78, 5) is 10.7. The molecule has 1 saturated carbocycles. The number of hydrogen-bond acceptors (Lipinski definition) is 5. The molecule has 0 bridgehead atoms. The lowest BCUT2D eigenvalue weighted by Crippen LogP contribution is -2.25. The fourth-order valence-electron chi connectivity index (χ4n) is 2.49. The van der Waals surface area contributed by atoms with Gasteiger partial charge in [-0.15, -0.1) is 0 Å². The van der Waals surface area contributed by atoms with Crippen molar-refractivity contribution in [2.45, 2.75) is 41.5 Å². The van der Waals surface area contributed by atoms with E-state index in [1.807, 2.05) is 0 Å². The van der Waals surface area contributed by atoms with E-state index in [1.165, 1.54) is 36.4 Å². The largest absolute Gasteiger partial charge is 0.481 e. The summed E-state index contributed by atoms with van der Waals surface area (Å²) in [7, 11) is -7.45. The van der Waals surface area contributed by atoms with Gasteiger partial charge in [-0.3, -0.25) is 9.52 Å². The third kappa shape index (κ3) is 5.31. The number of benzene rings is 2. The van der Waals surface area contributed by atoms with Crippen molar-refractivity contribution >= 4 is 31.7 Å². The molecule has 0 saturated heterocycles. The van der Waals surface area contributed by atoms with E-state index < -0.39 is 26.0 Å². The molecule has 0 unspecified atom stereocenters. The number of carboxylic acid groups (broad SMARTS) is 1. The summed E-state index contributed by atoms with van der Waals surface area (Å²) in [6, 6.07) is 11.4. The van der Waals surface area contributed by atoms with Gasteiger partial charge in [0.05, 0.1) is 9.79 Å². The molecule has 2 aromatic rings. The zero-order valence-corrected chi connectivity index (χ0v) is 16.5. The Morgan fingerprint density at radius 3 is 1.96 bits per heavy atom. The highest BCUT2D eigenvalue weighted by Crippen LogP contribution is 2.23. The average molecular weight is 425 g/mol. The summed E-state index contributed by atoms with van der Waals surface area (Å²) in [6.45, 7) is 0. The molecule has 0 amide bonds. The van der Waals surface area contributed by atoms with Crippen LogP contribution < -0.4 is 9.44 Å². The predicted octanol–water partition coefficient (Wildman–Crippen LogP) is 1.95. The number of rotatable bonds is 9. The summed E-state index contributed by atoms with van der Waals surface area (Å²) < 4.78 is 54.2. The summed E-state index contributed by atoms with van der Waals surface area (Å²) in [5, 5.41) is 8.69. The van der Waals surface area contributed by atoms with Gasteiger partial charge in [0, 0.05) is 18.2 Å². The van der Waals surface area contributed by atoms with E-state index in [-0.39, 0.29) is 27.9 Å². The molecular weight excluding hydrogens is 404 g/mol. The average Bonchev–Trinajstić information content (AvgIpc) is 3.44. The Balaban J connectivity index is 1.68. The minimum atomic E-state index is -3.85. The second-order valence-corrected chi connectivity index (χ2v) is 9.96. The first-order valence-electron chi connectivity index (χ1n) is 8.62. The van der Waals surface area contributed by atoms with Crippen molar-refractivity contribution in [3.63, 3.8) is 0 Å². The monoisotopic (exact) mass is 424 g/mol. The van der Waals surface area contributed by atoms with Crippen LogP contribution in [0.3, 0.4) is 0 Å². The number of aryl methyl sites for hydroxylation is 1. The van der Waals surface area contributed by atoms with Gasteiger partial charge in [0.15, 0.2) is 0 Å². The van der Waals surface area contributed by atoms with Gasteiger partial charge in [-0.1, -0.05) is 12.1 Å². The zero-order valence-electron chi connectivity index (χ0n) is 14.8. The van der Waals surface area contributed by atoms with Crippen LogP contribution in [0.2, 0.25) is 0 Å². The molecule has 3 rings (SSSR count). The van der Waals surface area contributed by atoms with Crippen molar-refractivity contribution in [3.8, 4) is 0 Å². The van der Waals surface area contributed by atoms with E-state index in [4.69, 9.17) is 5.11 Å². The third-order valence-electron chi connectivity index (χ3n) is 4.18. The van der Waals surface area contributed by atoms with Crippen LogP contribution in [0.5, 0.6) is 0 Å². The Morgan fingerprint density at radius 1 is 0.893 bits per heavy atom. The number of anilines is 1. The molecule has 10 heteroatoms. The predicted molar refractivity (Wildman–Crippen MR) is 103 cm³/mol. The molecule has 0 spiro atoms. The zero-order chi connectivity index (χ0) is 20.4. The van der Waals surface area contributed by atoms with Crippen LogP contribution in [-0.4, -0.2) is 34.0 Å². The molecule has 1 aliphatic rings. The maximum atomic E-state index is 12.5. The van der Waals surface area contributed by atoms with E-state index in [0.29, 0.717) is 6.42 Å². The summed E-state index contributed by atoms with van der Waals surface area (Å²) in [5.41, 5.74) is 0.958. The first-order valence-corrected chi connectivity index (χ1v) is 11.6. The molecule has 28 heavy (non-hydrogen) atoms. The van der Waals surface area contributed by atoms with E-state index >= 15 is 0 Å². The molecule has 3 N–H and O–H groups in total. The first kappa shape index (κ1) is 20.3. The van der Waals surface area contributed by atoms with Gasteiger partial charge in [0.25, 0.3) is 10.0 Å². The lowest BCUT2D eigenvalue weighted by molar-refractivity contribution is -0.136. The normalized spacial score (nSPS) is 14.6. The van der Waals surface area contributed by atoms with Crippen molar-refractivity contribution in [2.75, 3.05) is 4.72 Å². The van der Waals surface area contributed by atoms with Crippen LogP contribution in [0, 0.1) is 0 Å². The van der Waals surface area contributed by atoms with E-state index in [9.17, 15) is 21.6 Å². The minimum Gasteiger partial charge on any atom is -0.481 e. The number of aliphatic carboxylic acids is 1. The smallest absolute Gasteiger partial charge is 0.303 e. The second-order valence-electron chi connectivity index (χ2n) is 6.56. The first-order chi connectivity index (χ1) is 13.2. The highest BCUT2D eigenvalue weighted by molar-refractivity contribution is 7.92. The Hall–Kier alpha value is -2.43. The molecule has 1 aliphatic carbocycles. The second kappa shape index (κ2) is 7.90. The Morgan fingerprint density at radius 2 is 1.43 bits per heavy atom. The van der Waals surface area contributed by atoms with E-state index in [0.717, 1.165) is 18.4 Å². The molecule has 0 aliphatic heterocycles. The topological polar surface area (TPSA) is 130 Å². The molecular formula is C18H20N2O6S2. The number of carboxylic acids is 1. The number of nitrogens with one attached hydrogen (secondary N) is 2. The Kier molecular flexibility index (Phi) is 5.73. The molecule has 0 radical (unpaired) electrons.